The molecule has 6 heteroatoms. The van der Waals surface area contributed by atoms with Crippen LogP contribution in [0.3, 0.4) is 0 Å². The number of morpholine rings is 1. The van der Waals surface area contributed by atoms with E-state index in [4.69, 9.17) is 4.74 Å². The van der Waals surface area contributed by atoms with E-state index in [-0.39, 0.29) is 11.9 Å². The van der Waals surface area contributed by atoms with Crippen molar-refractivity contribution in [1.29, 1.82) is 0 Å². The zero-order chi connectivity index (χ0) is 15.8. The molecule has 6 nitrogen and oxygen atoms in total. The van der Waals surface area contributed by atoms with Gasteiger partial charge in [0.05, 0.1) is 19.3 Å². The third kappa shape index (κ3) is 2.57. The molecule has 1 fully saturated rings. The van der Waals surface area contributed by atoms with Crippen LogP contribution in [0.1, 0.15) is 40.8 Å². The normalized spacial score (nSPS) is 21.3. The van der Waals surface area contributed by atoms with Crippen molar-refractivity contribution in [2.24, 2.45) is 7.05 Å². The fourth-order valence-corrected chi connectivity index (χ4v) is 3.58. The standard InChI is InChI=1S/C17H22N4O2/c1-19-7-4-6-15(19)16-12-23-10-9-20(16)17(22)14-11-13-5-2-3-8-21(13)18-14/h4,6-7,11,16H,2-3,5,8-10,12H2,1H3. The number of ether oxygens (including phenoxy) is 1. The molecular weight excluding hydrogens is 292 g/mol. The maximum absolute atomic E-state index is 13.0. The fourth-order valence-electron chi connectivity index (χ4n) is 3.58. The van der Waals surface area contributed by atoms with Gasteiger partial charge in [-0.1, -0.05) is 0 Å². The van der Waals surface area contributed by atoms with Gasteiger partial charge in [0, 0.05) is 37.7 Å². The van der Waals surface area contributed by atoms with Crippen LogP contribution in [-0.2, 0) is 24.8 Å². The van der Waals surface area contributed by atoms with Gasteiger partial charge in [0.2, 0.25) is 0 Å². The summed E-state index contributed by atoms with van der Waals surface area (Å²) in [4.78, 5) is 14.9. The first-order valence-corrected chi connectivity index (χ1v) is 8.31. The Hall–Kier alpha value is -2.08. The molecule has 0 saturated carbocycles. The first-order valence-electron chi connectivity index (χ1n) is 8.31. The summed E-state index contributed by atoms with van der Waals surface area (Å²) >= 11 is 0. The average molecular weight is 314 g/mol. The van der Waals surface area contributed by atoms with Crippen LogP contribution in [0, 0.1) is 0 Å². The number of rotatable bonds is 2. The zero-order valence-corrected chi connectivity index (χ0v) is 13.4. The predicted molar refractivity (Wildman–Crippen MR) is 85.2 cm³/mol. The van der Waals surface area contributed by atoms with E-state index in [1.165, 1.54) is 12.1 Å². The third-order valence-corrected chi connectivity index (χ3v) is 4.85. The summed E-state index contributed by atoms with van der Waals surface area (Å²) in [6.07, 6.45) is 5.35. The first kappa shape index (κ1) is 14.5. The molecule has 0 N–H and O–H groups in total. The van der Waals surface area contributed by atoms with Gasteiger partial charge in [-0.3, -0.25) is 9.48 Å². The first-order chi connectivity index (χ1) is 11.2. The van der Waals surface area contributed by atoms with E-state index in [2.05, 4.69) is 15.7 Å². The van der Waals surface area contributed by atoms with Gasteiger partial charge in [-0.05, 0) is 37.5 Å². The lowest BCUT2D eigenvalue weighted by Gasteiger charge is -2.35. The molecule has 1 unspecified atom stereocenters. The number of nitrogens with zero attached hydrogens (tertiary/aromatic N) is 4. The molecule has 0 spiro atoms. The number of fused-ring (bicyclic) bond motifs is 1. The molecule has 0 radical (unpaired) electrons. The van der Waals surface area contributed by atoms with E-state index in [0.29, 0.717) is 25.5 Å². The number of carbonyl (C=O) groups is 1. The van der Waals surface area contributed by atoms with Crippen molar-refractivity contribution in [2.45, 2.75) is 31.8 Å². The smallest absolute Gasteiger partial charge is 0.275 e. The Balaban J connectivity index is 1.63. The molecule has 1 atom stereocenters. The van der Waals surface area contributed by atoms with Crippen LogP contribution in [0.25, 0.3) is 0 Å². The minimum atomic E-state index is -0.0463. The second-order valence-corrected chi connectivity index (χ2v) is 6.33. The molecular formula is C17H22N4O2. The van der Waals surface area contributed by atoms with Crippen molar-refractivity contribution in [3.63, 3.8) is 0 Å². The van der Waals surface area contributed by atoms with E-state index >= 15 is 0 Å². The minimum absolute atomic E-state index is 0.0152. The van der Waals surface area contributed by atoms with Crippen LogP contribution < -0.4 is 0 Å². The number of amides is 1. The molecule has 2 aromatic rings. The lowest BCUT2D eigenvalue weighted by molar-refractivity contribution is -0.00498. The van der Waals surface area contributed by atoms with Gasteiger partial charge < -0.3 is 14.2 Å². The Labute approximate surface area is 135 Å². The fraction of sp³-hybridized carbons (Fsp3) is 0.529. The molecule has 23 heavy (non-hydrogen) atoms. The molecule has 0 aliphatic carbocycles. The van der Waals surface area contributed by atoms with E-state index in [0.717, 1.165) is 25.1 Å². The van der Waals surface area contributed by atoms with Crippen molar-refractivity contribution >= 4 is 5.91 Å². The van der Waals surface area contributed by atoms with Crippen LogP contribution in [0.5, 0.6) is 0 Å². The Morgan fingerprint density at radius 2 is 2.26 bits per heavy atom. The quantitative estimate of drug-likeness (QED) is 0.849. The zero-order valence-electron chi connectivity index (χ0n) is 13.4. The third-order valence-electron chi connectivity index (χ3n) is 4.85. The highest BCUT2D eigenvalue weighted by Crippen LogP contribution is 2.26. The molecule has 1 saturated heterocycles. The summed E-state index contributed by atoms with van der Waals surface area (Å²) in [5.74, 6) is 0.0152. The maximum Gasteiger partial charge on any atom is 0.275 e. The van der Waals surface area contributed by atoms with E-state index in [9.17, 15) is 4.79 Å². The van der Waals surface area contributed by atoms with E-state index in [1.54, 1.807) is 0 Å². The van der Waals surface area contributed by atoms with Gasteiger partial charge in [-0.15, -0.1) is 0 Å². The van der Waals surface area contributed by atoms with Crippen LogP contribution in [-0.4, -0.2) is 44.9 Å². The number of aromatic nitrogens is 3. The minimum Gasteiger partial charge on any atom is -0.377 e. The highest BCUT2D eigenvalue weighted by molar-refractivity contribution is 5.92. The average Bonchev–Trinajstić information content (AvgIpc) is 3.20. The highest BCUT2D eigenvalue weighted by Gasteiger charge is 2.32. The summed E-state index contributed by atoms with van der Waals surface area (Å²) in [6, 6.07) is 5.98. The summed E-state index contributed by atoms with van der Waals surface area (Å²) in [5, 5.41) is 4.54. The number of carbonyl (C=O) groups excluding carboxylic acids is 1. The highest BCUT2D eigenvalue weighted by atomic mass is 16.5. The Kier molecular flexibility index (Phi) is 3.69. The number of hydrogen-bond acceptors (Lipinski definition) is 3. The molecule has 122 valence electrons. The topological polar surface area (TPSA) is 52.3 Å². The summed E-state index contributed by atoms with van der Waals surface area (Å²) < 4.78 is 9.67. The van der Waals surface area contributed by atoms with Gasteiger partial charge in [-0.25, -0.2) is 0 Å². The number of aryl methyl sites for hydroxylation is 3. The van der Waals surface area contributed by atoms with Gasteiger partial charge in [0.1, 0.15) is 0 Å². The van der Waals surface area contributed by atoms with Crippen molar-refractivity contribution in [2.75, 3.05) is 19.8 Å². The monoisotopic (exact) mass is 314 g/mol. The second-order valence-electron chi connectivity index (χ2n) is 6.33. The predicted octanol–water partition coefficient (Wildman–Crippen LogP) is 1.77. The molecule has 2 aromatic heterocycles. The maximum atomic E-state index is 13.0. The van der Waals surface area contributed by atoms with Gasteiger partial charge >= 0.3 is 0 Å². The van der Waals surface area contributed by atoms with Gasteiger partial charge in [0.15, 0.2) is 5.69 Å². The molecule has 2 aliphatic heterocycles. The van der Waals surface area contributed by atoms with Crippen LogP contribution in [0.2, 0.25) is 0 Å². The summed E-state index contributed by atoms with van der Waals surface area (Å²) in [7, 11) is 2.00. The Morgan fingerprint density at radius 3 is 3.04 bits per heavy atom. The van der Waals surface area contributed by atoms with E-state index in [1.807, 2.05) is 35.0 Å². The van der Waals surface area contributed by atoms with Crippen molar-refractivity contribution in [3.05, 3.63) is 41.5 Å². The SMILES string of the molecule is Cn1cccc1C1COCCN1C(=O)c1cc2n(n1)CCCC2. The molecule has 4 rings (SSSR count). The van der Waals surface area contributed by atoms with Crippen LogP contribution in [0.15, 0.2) is 24.4 Å². The Bertz CT molecular complexity index is 695. The lowest BCUT2D eigenvalue weighted by Crippen LogP contribution is -2.44. The van der Waals surface area contributed by atoms with Crippen molar-refractivity contribution < 1.29 is 9.53 Å². The van der Waals surface area contributed by atoms with E-state index < -0.39 is 0 Å². The molecule has 2 aliphatic rings. The molecule has 4 heterocycles. The Morgan fingerprint density at radius 1 is 1.35 bits per heavy atom. The van der Waals surface area contributed by atoms with Crippen molar-refractivity contribution in [1.82, 2.24) is 19.2 Å². The van der Waals surface area contributed by atoms with Gasteiger partial charge in [-0.2, -0.15) is 5.10 Å². The number of hydrogen-bond donors (Lipinski definition) is 0. The molecule has 0 bridgehead atoms. The van der Waals surface area contributed by atoms with Crippen LogP contribution >= 0.6 is 0 Å². The second kappa shape index (κ2) is 5.85. The summed E-state index contributed by atoms with van der Waals surface area (Å²) in [5.41, 5.74) is 2.85. The van der Waals surface area contributed by atoms with Gasteiger partial charge in [0.25, 0.3) is 5.91 Å². The lowest BCUT2D eigenvalue weighted by atomic mass is 10.1. The van der Waals surface area contributed by atoms with Crippen LogP contribution in [0.4, 0.5) is 0 Å². The molecule has 0 aromatic carbocycles. The largest absolute Gasteiger partial charge is 0.377 e. The molecule has 1 amide bonds. The van der Waals surface area contributed by atoms with Crippen molar-refractivity contribution in [3.8, 4) is 0 Å². The summed E-state index contributed by atoms with van der Waals surface area (Å²) in [6.45, 7) is 2.65.